The van der Waals surface area contributed by atoms with Crippen molar-refractivity contribution in [3.63, 3.8) is 0 Å². The summed E-state index contributed by atoms with van der Waals surface area (Å²) >= 11 is 0. The molecule has 0 atom stereocenters. The summed E-state index contributed by atoms with van der Waals surface area (Å²) in [5.74, 6) is -2.74. The fraction of sp³-hybridized carbons (Fsp3) is 0.273. The largest absolute Gasteiger partial charge is 0.490 e. The number of ether oxygens (including phenoxy) is 2. The Morgan fingerprint density at radius 1 is 1.18 bits per heavy atom. The van der Waals surface area contributed by atoms with Crippen molar-refractivity contribution in [1.82, 2.24) is 0 Å². The van der Waals surface area contributed by atoms with Gasteiger partial charge in [-0.1, -0.05) is 12.1 Å². The van der Waals surface area contributed by atoms with Crippen LogP contribution in [0.2, 0.25) is 0 Å². The van der Waals surface area contributed by atoms with Gasteiger partial charge in [0, 0.05) is 0 Å². The number of para-hydroxylation sites is 2. The number of carboxylic acids is 2. The van der Waals surface area contributed by atoms with Crippen LogP contribution in [-0.4, -0.2) is 34.9 Å². The Morgan fingerprint density at radius 2 is 1.71 bits per heavy atom. The molecule has 0 spiro atoms. The van der Waals surface area contributed by atoms with Crippen LogP contribution in [0.4, 0.5) is 0 Å². The Hall–Kier alpha value is -2.24. The van der Waals surface area contributed by atoms with Crippen LogP contribution in [-0.2, 0) is 9.59 Å². The van der Waals surface area contributed by atoms with Crippen LogP contribution in [0.15, 0.2) is 24.3 Å². The van der Waals surface area contributed by atoms with E-state index in [2.05, 4.69) is 0 Å². The van der Waals surface area contributed by atoms with E-state index in [0.717, 1.165) is 0 Å². The fourth-order valence-corrected chi connectivity index (χ4v) is 1.16. The molecule has 6 heteroatoms. The van der Waals surface area contributed by atoms with E-state index in [1.54, 1.807) is 25.1 Å². The summed E-state index contributed by atoms with van der Waals surface area (Å²) in [6, 6.07) is 6.29. The highest BCUT2D eigenvalue weighted by molar-refractivity contribution is 5.96. The van der Waals surface area contributed by atoms with Gasteiger partial charge in [0.05, 0.1) is 6.61 Å². The standard InChI is InChI=1S/C11H12O6/c1-2-16-7-5-3-4-6-8(7)17-9(10(12)13)11(14)15/h3-6,9H,2H2,1H3,(H,12,13)(H,14,15). The third-order valence-corrected chi connectivity index (χ3v) is 1.84. The number of hydrogen-bond acceptors (Lipinski definition) is 4. The smallest absolute Gasteiger partial charge is 0.356 e. The average molecular weight is 240 g/mol. The molecule has 2 N–H and O–H groups in total. The van der Waals surface area contributed by atoms with Crippen molar-refractivity contribution in [2.24, 2.45) is 0 Å². The van der Waals surface area contributed by atoms with Gasteiger partial charge in [-0.3, -0.25) is 0 Å². The predicted molar refractivity (Wildman–Crippen MR) is 57.3 cm³/mol. The molecular formula is C11H12O6. The number of rotatable bonds is 6. The van der Waals surface area contributed by atoms with Gasteiger partial charge >= 0.3 is 11.9 Å². The molecule has 0 fully saturated rings. The van der Waals surface area contributed by atoms with Gasteiger partial charge in [0.2, 0.25) is 0 Å². The zero-order valence-corrected chi connectivity index (χ0v) is 9.12. The molecule has 0 unspecified atom stereocenters. The van der Waals surface area contributed by atoms with Crippen molar-refractivity contribution < 1.29 is 29.3 Å². The van der Waals surface area contributed by atoms with E-state index in [4.69, 9.17) is 19.7 Å². The molecule has 92 valence electrons. The van der Waals surface area contributed by atoms with Gasteiger partial charge < -0.3 is 19.7 Å². The third-order valence-electron chi connectivity index (χ3n) is 1.84. The zero-order chi connectivity index (χ0) is 12.8. The molecule has 1 aromatic carbocycles. The number of hydrogen-bond donors (Lipinski definition) is 2. The summed E-state index contributed by atoms with van der Waals surface area (Å²) in [5, 5.41) is 17.4. The maximum atomic E-state index is 10.7. The van der Waals surface area contributed by atoms with Gasteiger partial charge in [-0.25, -0.2) is 9.59 Å². The topological polar surface area (TPSA) is 93.1 Å². The summed E-state index contributed by atoms with van der Waals surface area (Å²) in [5.41, 5.74) is 0. The molecule has 0 aliphatic carbocycles. The zero-order valence-electron chi connectivity index (χ0n) is 9.12. The van der Waals surface area contributed by atoms with E-state index >= 15 is 0 Å². The summed E-state index contributed by atoms with van der Waals surface area (Å²) in [4.78, 5) is 21.3. The molecule has 0 saturated carbocycles. The van der Waals surface area contributed by atoms with Crippen molar-refractivity contribution in [3.8, 4) is 11.5 Å². The van der Waals surface area contributed by atoms with E-state index in [9.17, 15) is 9.59 Å². The van der Waals surface area contributed by atoms with Crippen molar-refractivity contribution in [2.75, 3.05) is 6.61 Å². The molecule has 0 saturated heterocycles. The van der Waals surface area contributed by atoms with Gasteiger partial charge in [-0.05, 0) is 19.1 Å². The Bertz CT molecular complexity index is 400. The van der Waals surface area contributed by atoms with Crippen molar-refractivity contribution in [2.45, 2.75) is 13.0 Å². The van der Waals surface area contributed by atoms with Crippen LogP contribution in [0.5, 0.6) is 11.5 Å². The first-order chi connectivity index (χ1) is 8.06. The van der Waals surface area contributed by atoms with E-state index in [1.165, 1.54) is 6.07 Å². The van der Waals surface area contributed by atoms with Crippen molar-refractivity contribution >= 4 is 11.9 Å². The average Bonchev–Trinajstić information content (AvgIpc) is 2.27. The molecular weight excluding hydrogens is 228 g/mol. The number of benzene rings is 1. The maximum Gasteiger partial charge on any atom is 0.356 e. The van der Waals surface area contributed by atoms with Crippen LogP contribution in [0.3, 0.4) is 0 Å². The lowest BCUT2D eigenvalue weighted by molar-refractivity contribution is -0.159. The van der Waals surface area contributed by atoms with Crippen LogP contribution < -0.4 is 9.47 Å². The summed E-state index contributed by atoms with van der Waals surface area (Å²) in [6.07, 6.45) is -1.95. The molecule has 0 heterocycles. The minimum atomic E-state index is -1.95. The van der Waals surface area contributed by atoms with Crippen molar-refractivity contribution in [1.29, 1.82) is 0 Å². The highest BCUT2D eigenvalue weighted by Crippen LogP contribution is 2.27. The molecule has 0 bridgehead atoms. The van der Waals surface area contributed by atoms with Gasteiger partial charge in [0.1, 0.15) is 0 Å². The van der Waals surface area contributed by atoms with Crippen LogP contribution in [0, 0.1) is 0 Å². The molecule has 1 rings (SSSR count). The molecule has 17 heavy (non-hydrogen) atoms. The van der Waals surface area contributed by atoms with Crippen LogP contribution in [0.25, 0.3) is 0 Å². The first-order valence-electron chi connectivity index (χ1n) is 4.90. The summed E-state index contributed by atoms with van der Waals surface area (Å²) in [7, 11) is 0. The molecule has 0 aliphatic heterocycles. The van der Waals surface area contributed by atoms with Gasteiger partial charge in [-0.15, -0.1) is 0 Å². The molecule has 0 aliphatic rings. The number of carboxylic acid groups (broad SMARTS) is 2. The molecule has 0 aromatic heterocycles. The second kappa shape index (κ2) is 5.74. The highest BCUT2D eigenvalue weighted by Gasteiger charge is 2.28. The number of carbonyl (C=O) groups is 2. The van der Waals surface area contributed by atoms with E-state index in [0.29, 0.717) is 12.4 Å². The first kappa shape index (κ1) is 12.8. The Morgan fingerprint density at radius 3 is 2.18 bits per heavy atom. The second-order valence-electron chi connectivity index (χ2n) is 3.05. The first-order valence-corrected chi connectivity index (χ1v) is 4.90. The lowest BCUT2D eigenvalue weighted by Gasteiger charge is -2.14. The Balaban J connectivity index is 2.92. The lowest BCUT2D eigenvalue weighted by atomic mass is 10.3. The predicted octanol–water partition coefficient (Wildman–Crippen LogP) is 1.00. The number of aliphatic carboxylic acids is 2. The monoisotopic (exact) mass is 240 g/mol. The van der Waals surface area contributed by atoms with E-state index < -0.39 is 18.0 Å². The minimum absolute atomic E-state index is 0.0872. The summed E-state index contributed by atoms with van der Waals surface area (Å²) < 4.78 is 10.1. The maximum absolute atomic E-state index is 10.7. The normalized spacial score (nSPS) is 10.0. The van der Waals surface area contributed by atoms with E-state index in [-0.39, 0.29) is 5.75 Å². The lowest BCUT2D eigenvalue weighted by Crippen LogP contribution is -2.35. The molecule has 0 radical (unpaired) electrons. The fourth-order valence-electron chi connectivity index (χ4n) is 1.16. The highest BCUT2D eigenvalue weighted by atomic mass is 16.6. The van der Waals surface area contributed by atoms with Gasteiger partial charge in [-0.2, -0.15) is 0 Å². The van der Waals surface area contributed by atoms with Crippen LogP contribution >= 0.6 is 0 Å². The van der Waals surface area contributed by atoms with Gasteiger partial charge in [0.25, 0.3) is 6.10 Å². The Labute approximate surface area is 97.4 Å². The quantitative estimate of drug-likeness (QED) is 0.720. The molecule has 1 aromatic rings. The van der Waals surface area contributed by atoms with Crippen molar-refractivity contribution in [3.05, 3.63) is 24.3 Å². The Kier molecular flexibility index (Phi) is 4.33. The van der Waals surface area contributed by atoms with Crippen LogP contribution in [0.1, 0.15) is 6.92 Å². The third kappa shape index (κ3) is 3.37. The molecule has 0 amide bonds. The van der Waals surface area contributed by atoms with Gasteiger partial charge in [0.15, 0.2) is 11.5 Å². The SMILES string of the molecule is CCOc1ccccc1OC(C(=O)O)C(=O)O. The summed E-state index contributed by atoms with van der Waals surface area (Å²) in [6.45, 7) is 2.12. The molecule has 6 nitrogen and oxygen atoms in total. The second-order valence-corrected chi connectivity index (χ2v) is 3.05. The van der Waals surface area contributed by atoms with E-state index in [1.807, 2.05) is 0 Å². The minimum Gasteiger partial charge on any atom is -0.490 e.